The van der Waals surface area contributed by atoms with Crippen molar-refractivity contribution in [2.75, 3.05) is 11.9 Å². The Morgan fingerprint density at radius 3 is 3.09 bits per heavy atom. The summed E-state index contributed by atoms with van der Waals surface area (Å²) < 4.78 is 13.2. The summed E-state index contributed by atoms with van der Waals surface area (Å²) >= 11 is 0. The molecule has 2 amide bonds. The van der Waals surface area contributed by atoms with Crippen LogP contribution in [-0.4, -0.2) is 33.8 Å². The molecule has 22 heavy (non-hydrogen) atoms. The predicted octanol–water partition coefficient (Wildman–Crippen LogP) is 0.728. The zero-order valence-electron chi connectivity index (χ0n) is 11.6. The van der Waals surface area contributed by atoms with Gasteiger partial charge in [0.1, 0.15) is 5.82 Å². The molecule has 3 N–H and O–H groups in total. The lowest BCUT2D eigenvalue weighted by molar-refractivity contribution is -0.126. The average Bonchev–Trinajstić information content (AvgIpc) is 2.99. The molecule has 1 aromatic heterocycles. The van der Waals surface area contributed by atoms with Gasteiger partial charge >= 0.3 is 0 Å². The van der Waals surface area contributed by atoms with Crippen LogP contribution in [0.3, 0.4) is 0 Å². The number of H-pyrrole nitrogens is 1. The van der Waals surface area contributed by atoms with Crippen LogP contribution in [0.2, 0.25) is 0 Å². The van der Waals surface area contributed by atoms with E-state index in [1.165, 1.54) is 18.2 Å². The van der Waals surface area contributed by atoms with Gasteiger partial charge in [0.25, 0.3) is 0 Å². The fraction of sp³-hybridized carbons (Fsp3) is 0.286. The molecular formula is C14H14FN5O2. The number of halogens is 1. The number of rotatable bonds is 4. The average molecular weight is 303 g/mol. The summed E-state index contributed by atoms with van der Waals surface area (Å²) in [6.07, 6.45) is 2.17. The molecule has 1 aliphatic heterocycles. The van der Waals surface area contributed by atoms with Crippen molar-refractivity contribution in [1.29, 1.82) is 0 Å². The summed E-state index contributed by atoms with van der Waals surface area (Å²) in [5.74, 6) is -1.62. The van der Waals surface area contributed by atoms with Gasteiger partial charge in [0, 0.05) is 25.1 Å². The minimum absolute atomic E-state index is 0.0500. The number of nitrogens with zero attached hydrogens (tertiary/aromatic N) is 2. The number of benzene rings is 1. The van der Waals surface area contributed by atoms with E-state index in [1.807, 2.05) is 0 Å². The van der Waals surface area contributed by atoms with Crippen molar-refractivity contribution in [2.24, 2.45) is 0 Å². The maximum absolute atomic E-state index is 13.2. The van der Waals surface area contributed by atoms with Gasteiger partial charge in [-0.25, -0.2) is 4.39 Å². The summed E-state index contributed by atoms with van der Waals surface area (Å²) in [4.78, 5) is 24.0. The lowest BCUT2D eigenvalue weighted by Gasteiger charge is -2.24. The Balaban J connectivity index is 1.68. The van der Waals surface area contributed by atoms with Gasteiger partial charge in [-0.1, -0.05) is 6.07 Å². The van der Waals surface area contributed by atoms with Crippen LogP contribution in [-0.2, 0) is 16.0 Å². The van der Waals surface area contributed by atoms with Crippen LogP contribution < -0.4 is 10.6 Å². The molecule has 2 aromatic rings. The van der Waals surface area contributed by atoms with E-state index in [9.17, 15) is 14.0 Å². The van der Waals surface area contributed by atoms with Gasteiger partial charge in [-0.05, 0) is 17.7 Å². The second kappa shape index (κ2) is 5.92. The number of carbonyl (C=O) groups is 2. The van der Waals surface area contributed by atoms with Crippen molar-refractivity contribution in [3.63, 3.8) is 0 Å². The van der Waals surface area contributed by atoms with Crippen LogP contribution in [0.5, 0.6) is 0 Å². The van der Waals surface area contributed by atoms with Gasteiger partial charge in [0.05, 0.1) is 17.8 Å². The van der Waals surface area contributed by atoms with Crippen molar-refractivity contribution < 1.29 is 14.0 Å². The Kier molecular flexibility index (Phi) is 3.82. The monoisotopic (exact) mass is 303 g/mol. The molecule has 8 heteroatoms. The molecule has 0 radical (unpaired) electrons. The zero-order valence-corrected chi connectivity index (χ0v) is 11.6. The SMILES string of the molecule is O=C1C[C@@H](C(=O)NCCc2cn[nH]n2)c2ccc(F)cc2N1. The molecule has 7 nitrogen and oxygen atoms in total. The lowest BCUT2D eigenvalue weighted by Crippen LogP contribution is -2.36. The number of hydrogen-bond acceptors (Lipinski definition) is 4. The number of anilines is 1. The number of amides is 2. The van der Waals surface area contributed by atoms with E-state index in [4.69, 9.17) is 0 Å². The molecule has 0 saturated carbocycles. The summed E-state index contributed by atoms with van der Waals surface area (Å²) in [6.45, 7) is 0.389. The molecule has 0 spiro atoms. The first-order valence-corrected chi connectivity index (χ1v) is 6.85. The first kappa shape index (κ1) is 14.2. The maximum atomic E-state index is 13.2. The third-order valence-electron chi connectivity index (χ3n) is 3.52. The van der Waals surface area contributed by atoms with Crippen LogP contribution in [0, 0.1) is 5.82 Å². The first-order valence-electron chi connectivity index (χ1n) is 6.85. The second-order valence-electron chi connectivity index (χ2n) is 5.04. The summed E-state index contributed by atoms with van der Waals surface area (Å²) in [7, 11) is 0. The van der Waals surface area contributed by atoms with Gasteiger partial charge in [-0.15, -0.1) is 0 Å². The van der Waals surface area contributed by atoms with Crippen molar-refractivity contribution in [1.82, 2.24) is 20.7 Å². The number of nitrogens with one attached hydrogen (secondary N) is 3. The Hall–Kier alpha value is -2.77. The van der Waals surface area contributed by atoms with Crippen LogP contribution in [0.15, 0.2) is 24.4 Å². The van der Waals surface area contributed by atoms with Gasteiger partial charge < -0.3 is 10.6 Å². The maximum Gasteiger partial charge on any atom is 0.228 e. The number of hydrogen-bond donors (Lipinski definition) is 3. The van der Waals surface area contributed by atoms with Crippen LogP contribution >= 0.6 is 0 Å². The van der Waals surface area contributed by atoms with Crippen molar-refractivity contribution in [3.05, 3.63) is 41.5 Å². The Morgan fingerprint density at radius 2 is 2.32 bits per heavy atom. The fourth-order valence-electron chi connectivity index (χ4n) is 2.45. The zero-order chi connectivity index (χ0) is 15.5. The highest BCUT2D eigenvalue weighted by molar-refractivity contribution is 6.01. The van der Waals surface area contributed by atoms with Gasteiger partial charge in [-0.2, -0.15) is 15.4 Å². The smallest absolute Gasteiger partial charge is 0.228 e. The Morgan fingerprint density at radius 1 is 1.45 bits per heavy atom. The fourth-order valence-corrected chi connectivity index (χ4v) is 2.45. The molecule has 1 aromatic carbocycles. The van der Waals surface area contributed by atoms with E-state index >= 15 is 0 Å². The summed E-state index contributed by atoms with van der Waals surface area (Å²) in [5.41, 5.74) is 1.72. The molecule has 1 aliphatic rings. The minimum Gasteiger partial charge on any atom is -0.355 e. The van der Waals surface area contributed by atoms with E-state index < -0.39 is 11.7 Å². The standard InChI is InChI=1S/C14H14FN5O2/c15-8-1-2-10-11(6-13(21)18-12(10)5-8)14(22)16-4-3-9-7-17-20-19-9/h1-2,5,7,11H,3-4,6H2,(H,16,22)(H,18,21)(H,17,19,20)/t11-/m1/s1. The second-order valence-corrected chi connectivity index (χ2v) is 5.04. The van der Waals surface area contributed by atoms with Crippen LogP contribution in [0.25, 0.3) is 0 Å². The third-order valence-corrected chi connectivity index (χ3v) is 3.52. The van der Waals surface area contributed by atoms with Gasteiger partial charge in [-0.3, -0.25) is 9.59 Å². The molecule has 0 aliphatic carbocycles. The highest BCUT2D eigenvalue weighted by Crippen LogP contribution is 2.32. The lowest BCUT2D eigenvalue weighted by atomic mass is 9.89. The van der Waals surface area contributed by atoms with E-state index in [0.29, 0.717) is 24.2 Å². The van der Waals surface area contributed by atoms with Crippen molar-refractivity contribution in [3.8, 4) is 0 Å². The third kappa shape index (κ3) is 2.95. The first-order chi connectivity index (χ1) is 10.6. The normalized spacial score (nSPS) is 16.8. The summed E-state index contributed by atoms with van der Waals surface area (Å²) in [5, 5.41) is 15.4. The molecule has 114 valence electrons. The molecule has 1 atom stereocenters. The van der Waals surface area contributed by atoms with E-state index in [-0.39, 0.29) is 18.2 Å². The topological polar surface area (TPSA) is 99.8 Å². The van der Waals surface area contributed by atoms with E-state index in [0.717, 1.165) is 5.69 Å². The molecular weight excluding hydrogens is 289 g/mol. The van der Waals surface area contributed by atoms with Crippen molar-refractivity contribution in [2.45, 2.75) is 18.8 Å². The molecule has 0 saturated heterocycles. The van der Waals surface area contributed by atoms with Crippen molar-refractivity contribution >= 4 is 17.5 Å². The van der Waals surface area contributed by atoms with Crippen LogP contribution in [0.4, 0.5) is 10.1 Å². The van der Waals surface area contributed by atoms with Gasteiger partial charge in [0.15, 0.2) is 0 Å². The minimum atomic E-state index is -0.610. The van der Waals surface area contributed by atoms with E-state index in [2.05, 4.69) is 26.0 Å². The molecule has 0 fully saturated rings. The molecule has 0 bridgehead atoms. The molecule has 0 unspecified atom stereocenters. The van der Waals surface area contributed by atoms with Crippen LogP contribution in [0.1, 0.15) is 23.6 Å². The molecule has 2 heterocycles. The largest absolute Gasteiger partial charge is 0.355 e. The Labute approximate surface area is 125 Å². The van der Waals surface area contributed by atoms with E-state index in [1.54, 1.807) is 6.20 Å². The van der Waals surface area contributed by atoms with Gasteiger partial charge in [0.2, 0.25) is 11.8 Å². The summed E-state index contributed by atoms with van der Waals surface area (Å²) in [6, 6.07) is 4.04. The predicted molar refractivity (Wildman–Crippen MR) is 75.5 cm³/mol. The number of aromatic nitrogens is 3. The number of carbonyl (C=O) groups excluding carboxylic acids is 2. The number of fused-ring (bicyclic) bond motifs is 1. The highest BCUT2D eigenvalue weighted by Gasteiger charge is 2.30. The quantitative estimate of drug-likeness (QED) is 0.775. The Bertz CT molecular complexity index is 701. The highest BCUT2D eigenvalue weighted by atomic mass is 19.1. The number of aromatic amines is 1. The molecule has 3 rings (SSSR count).